The molecule has 14 nitrogen and oxygen atoms in total. The van der Waals surface area contributed by atoms with Gasteiger partial charge in [0.25, 0.3) is 5.56 Å². The highest BCUT2D eigenvalue weighted by Gasteiger charge is 2.30. The number of rotatable bonds is 22. The number of carbonyl (C=O) groups excluding carboxylic acids is 3. The summed E-state index contributed by atoms with van der Waals surface area (Å²) in [7, 11) is 0. The van der Waals surface area contributed by atoms with Crippen molar-refractivity contribution in [2.24, 2.45) is 0 Å². The molecular weight excluding hydrogens is 771 g/mol. The Morgan fingerprint density at radius 3 is 1.83 bits per heavy atom. The average molecular weight is 814 g/mol. The van der Waals surface area contributed by atoms with Gasteiger partial charge in [-0.2, -0.15) is 0 Å². The third-order valence-corrected chi connectivity index (χ3v) is 10.1. The third-order valence-electron chi connectivity index (χ3n) is 10.1. The highest BCUT2D eigenvalue weighted by Crippen LogP contribution is 2.36. The van der Waals surface area contributed by atoms with E-state index >= 15 is 0 Å². The molecule has 0 aliphatic carbocycles. The van der Waals surface area contributed by atoms with Gasteiger partial charge in [0.2, 0.25) is 5.78 Å². The number of ether oxygens (including phenoxy) is 7. The van der Waals surface area contributed by atoms with Crippen LogP contribution in [0.15, 0.2) is 102 Å². The largest absolute Gasteiger partial charge is 0.462 e. The van der Waals surface area contributed by atoms with Crippen LogP contribution >= 0.6 is 0 Å². The van der Waals surface area contributed by atoms with Gasteiger partial charge in [0.1, 0.15) is 19.8 Å². The van der Waals surface area contributed by atoms with Crippen molar-refractivity contribution in [1.82, 2.24) is 9.55 Å². The van der Waals surface area contributed by atoms with Gasteiger partial charge in [0.05, 0.1) is 93.8 Å². The molecule has 1 aliphatic rings. The maximum Gasteiger partial charge on any atom is 0.338 e. The number of nitrogens with one attached hydrogen (secondary N) is 1. The number of fused-ring (bicyclic) bond motifs is 4. The topological polar surface area (TPSA) is 163 Å². The van der Waals surface area contributed by atoms with E-state index in [9.17, 15) is 19.2 Å². The van der Waals surface area contributed by atoms with E-state index in [1.807, 2.05) is 30.3 Å². The molecule has 0 unspecified atom stereocenters. The Hall–Kier alpha value is -6.29. The molecule has 0 saturated heterocycles. The van der Waals surface area contributed by atoms with Gasteiger partial charge in [-0.1, -0.05) is 60.7 Å². The number of ketones is 1. The summed E-state index contributed by atoms with van der Waals surface area (Å²) in [6, 6.07) is 30.1. The van der Waals surface area contributed by atoms with Crippen molar-refractivity contribution >= 4 is 66.6 Å². The van der Waals surface area contributed by atoms with Crippen molar-refractivity contribution in [2.45, 2.75) is 0 Å². The van der Waals surface area contributed by atoms with E-state index in [1.54, 1.807) is 42.5 Å². The summed E-state index contributed by atoms with van der Waals surface area (Å²) >= 11 is 0. The average Bonchev–Trinajstić information content (AvgIpc) is 3.56. The van der Waals surface area contributed by atoms with Crippen molar-refractivity contribution in [2.75, 3.05) is 91.1 Å². The Labute approximate surface area is 344 Å². The Balaban J connectivity index is 0.610. The normalized spacial score (nSPS) is 12.1. The fourth-order valence-corrected chi connectivity index (χ4v) is 7.26. The van der Waals surface area contributed by atoms with E-state index in [2.05, 4.69) is 34.6 Å². The van der Waals surface area contributed by atoms with E-state index in [4.69, 9.17) is 33.2 Å². The van der Waals surface area contributed by atoms with E-state index in [0.29, 0.717) is 86.3 Å². The number of anilines is 1. The van der Waals surface area contributed by atoms with Crippen molar-refractivity contribution in [1.29, 1.82) is 0 Å². The molecule has 0 spiro atoms. The molecule has 8 rings (SSSR count). The quantitative estimate of drug-likeness (QED) is 0.0503. The molecule has 7 aromatic rings. The number of hydrogen-bond donors (Lipinski definition) is 1. The Bertz CT molecular complexity index is 2700. The van der Waals surface area contributed by atoms with Crippen molar-refractivity contribution in [3.63, 3.8) is 0 Å². The van der Waals surface area contributed by atoms with Crippen molar-refractivity contribution < 1.29 is 47.5 Å². The van der Waals surface area contributed by atoms with Crippen LogP contribution in [0.3, 0.4) is 0 Å². The third kappa shape index (κ3) is 8.98. The molecule has 60 heavy (non-hydrogen) atoms. The number of esters is 2. The second-order valence-electron chi connectivity index (χ2n) is 13.9. The zero-order valence-corrected chi connectivity index (χ0v) is 32.8. The van der Waals surface area contributed by atoms with E-state index in [-0.39, 0.29) is 56.1 Å². The van der Waals surface area contributed by atoms with Crippen molar-refractivity contribution in [3.05, 3.63) is 124 Å². The number of para-hydroxylation sites is 1. The Kier molecular flexibility index (Phi) is 12.9. The van der Waals surface area contributed by atoms with Crippen LogP contribution in [0.5, 0.6) is 0 Å². The van der Waals surface area contributed by atoms with Crippen LogP contribution in [0.4, 0.5) is 5.69 Å². The lowest BCUT2D eigenvalue weighted by Gasteiger charge is -2.13. The second-order valence-corrected chi connectivity index (χ2v) is 13.9. The standard InChI is InChI=1S/C46H43N3O11/c50-40(29-47-33-12-15-38-37(28-33)45(52)49-39-7-2-1-6-36(39)43(51)44(49)48-38)59-26-24-57-22-20-55-18-16-54-17-19-56-21-23-58-25-27-60-46(53)35-14-11-32-9-8-30-4-3-5-31-10-13-34(35)42(32)41(30)31/h1-15,28,47H,16-27,29H2. The molecule has 2 heterocycles. The van der Waals surface area contributed by atoms with Gasteiger partial charge in [-0.05, 0) is 68.7 Å². The van der Waals surface area contributed by atoms with Crippen LogP contribution < -0.4 is 10.9 Å². The van der Waals surface area contributed by atoms with Gasteiger partial charge in [-0.15, -0.1) is 0 Å². The summed E-state index contributed by atoms with van der Waals surface area (Å²) in [6.07, 6.45) is 0. The molecule has 1 aromatic heterocycles. The summed E-state index contributed by atoms with van der Waals surface area (Å²) in [5, 5.41) is 9.79. The van der Waals surface area contributed by atoms with Gasteiger partial charge < -0.3 is 38.5 Å². The predicted molar refractivity (Wildman–Crippen MR) is 225 cm³/mol. The van der Waals surface area contributed by atoms with Gasteiger partial charge in [-0.25, -0.2) is 9.78 Å². The first-order valence-electron chi connectivity index (χ1n) is 19.8. The van der Waals surface area contributed by atoms with Crippen LogP contribution in [0.2, 0.25) is 0 Å². The number of benzene rings is 6. The molecule has 1 N–H and O–H groups in total. The fourth-order valence-electron chi connectivity index (χ4n) is 7.26. The Morgan fingerprint density at radius 2 is 1.15 bits per heavy atom. The minimum Gasteiger partial charge on any atom is -0.462 e. The first-order chi connectivity index (χ1) is 29.5. The van der Waals surface area contributed by atoms with Gasteiger partial charge in [0.15, 0.2) is 5.82 Å². The number of hydrogen-bond acceptors (Lipinski definition) is 13. The molecule has 0 radical (unpaired) electrons. The minimum atomic E-state index is -0.484. The number of aromatic nitrogens is 2. The smallest absolute Gasteiger partial charge is 0.338 e. The molecule has 14 heteroatoms. The fraction of sp³-hybridized carbons (Fsp3) is 0.283. The van der Waals surface area contributed by atoms with Crippen molar-refractivity contribution in [3.8, 4) is 5.69 Å². The monoisotopic (exact) mass is 813 g/mol. The predicted octanol–water partition coefficient (Wildman–Crippen LogP) is 5.72. The van der Waals surface area contributed by atoms with E-state index in [0.717, 1.165) is 32.3 Å². The van der Waals surface area contributed by atoms with Crippen LogP contribution in [-0.2, 0) is 38.0 Å². The lowest BCUT2D eigenvalue weighted by atomic mass is 9.92. The zero-order valence-electron chi connectivity index (χ0n) is 32.8. The molecule has 0 fully saturated rings. The van der Waals surface area contributed by atoms with Crippen LogP contribution in [0.1, 0.15) is 26.5 Å². The maximum atomic E-state index is 13.3. The van der Waals surface area contributed by atoms with Crippen LogP contribution in [0, 0.1) is 0 Å². The molecule has 1 aliphatic heterocycles. The summed E-state index contributed by atoms with van der Waals surface area (Å²) in [5.74, 6) is -1.06. The summed E-state index contributed by atoms with van der Waals surface area (Å²) in [5.41, 5.74) is 2.06. The van der Waals surface area contributed by atoms with Crippen LogP contribution in [-0.4, -0.2) is 113 Å². The number of carbonyl (C=O) groups is 3. The molecule has 6 aromatic carbocycles. The summed E-state index contributed by atoms with van der Waals surface area (Å²) in [6.45, 7) is 3.65. The van der Waals surface area contributed by atoms with Gasteiger partial charge >= 0.3 is 11.9 Å². The molecule has 308 valence electrons. The minimum absolute atomic E-state index is 0.0775. The molecule has 0 saturated carbocycles. The SMILES string of the molecule is O=C(CNc1ccc2nc3n(c(=O)c2c1)-c1ccccc1C3=O)OCCOCCOCCOCCOCCOCCOC(=O)c1ccc2ccc3cccc4ccc1c2c34. The lowest BCUT2D eigenvalue weighted by Crippen LogP contribution is -2.22. The van der Waals surface area contributed by atoms with Gasteiger partial charge in [0, 0.05) is 5.69 Å². The zero-order chi connectivity index (χ0) is 41.3. The highest BCUT2D eigenvalue weighted by atomic mass is 16.6. The number of nitrogens with zero attached hydrogens (tertiary/aromatic N) is 2. The first-order valence-corrected chi connectivity index (χ1v) is 19.8. The van der Waals surface area contributed by atoms with E-state index in [1.165, 1.54) is 4.57 Å². The van der Waals surface area contributed by atoms with E-state index < -0.39 is 5.97 Å². The molecule has 0 atom stereocenters. The first kappa shape index (κ1) is 40.5. The van der Waals surface area contributed by atoms with Crippen LogP contribution in [0.25, 0.3) is 48.9 Å². The molecule has 0 bridgehead atoms. The molecule has 0 amide bonds. The summed E-state index contributed by atoms with van der Waals surface area (Å²) < 4.78 is 39.7. The second kappa shape index (κ2) is 19.2. The summed E-state index contributed by atoms with van der Waals surface area (Å²) in [4.78, 5) is 55.7. The molecular formula is C46H43N3O11. The lowest BCUT2D eigenvalue weighted by molar-refractivity contribution is -0.143. The van der Waals surface area contributed by atoms with Gasteiger partial charge in [-0.3, -0.25) is 19.0 Å². The maximum absolute atomic E-state index is 13.3. The highest BCUT2D eigenvalue weighted by molar-refractivity contribution is 6.26. The Morgan fingerprint density at radius 1 is 0.567 bits per heavy atom.